The average Bonchev–Trinajstić information content (AvgIpc) is 2.59. The molecule has 0 aliphatic heterocycles. The highest BCUT2D eigenvalue weighted by molar-refractivity contribution is 7.18. The summed E-state index contributed by atoms with van der Waals surface area (Å²) in [6.07, 6.45) is 0. The van der Waals surface area contributed by atoms with E-state index >= 15 is 0 Å². The maximum atomic E-state index is 8.88. The maximum Gasteiger partial charge on any atom is 0.113 e. The van der Waals surface area contributed by atoms with E-state index in [0.717, 1.165) is 15.2 Å². The van der Waals surface area contributed by atoms with Gasteiger partial charge in [0.1, 0.15) is 5.01 Å². The molecular weight excluding hydrogens is 220 g/mol. The third kappa shape index (κ3) is 1.74. The smallest absolute Gasteiger partial charge is 0.113 e. The molecule has 0 saturated carbocycles. The van der Waals surface area contributed by atoms with Gasteiger partial charge in [0.25, 0.3) is 0 Å². The lowest BCUT2D eigenvalue weighted by molar-refractivity contribution is 0.268. The predicted molar refractivity (Wildman–Crippen MR) is 58.6 cm³/mol. The first-order chi connectivity index (χ1) is 6.70. The molecule has 2 aromatic rings. The van der Waals surface area contributed by atoms with Crippen molar-refractivity contribution >= 4 is 33.2 Å². The standard InChI is InChI=1S/C9H9ClN2OS/c10-5-1-2-7-8(3-5)14-9(12-7)6(11)4-13/h1-3,6,13H,4,11H2. The Morgan fingerprint density at radius 1 is 1.57 bits per heavy atom. The molecule has 5 heteroatoms. The number of halogens is 1. The second-order valence-corrected chi connectivity index (χ2v) is 4.45. The van der Waals surface area contributed by atoms with E-state index in [2.05, 4.69) is 4.98 Å². The quantitative estimate of drug-likeness (QED) is 0.826. The number of fused-ring (bicyclic) bond motifs is 1. The van der Waals surface area contributed by atoms with Crippen LogP contribution in [-0.2, 0) is 0 Å². The molecule has 14 heavy (non-hydrogen) atoms. The topological polar surface area (TPSA) is 59.1 Å². The van der Waals surface area contributed by atoms with Crippen molar-refractivity contribution in [1.82, 2.24) is 4.98 Å². The van der Waals surface area contributed by atoms with Crippen molar-refractivity contribution in [2.45, 2.75) is 6.04 Å². The second kappa shape index (κ2) is 3.82. The summed E-state index contributed by atoms with van der Waals surface area (Å²) in [7, 11) is 0. The van der Waals surface area contributed by atoms with Gasteiger partial charge in [-0.25, -0.2) is 4.98 Å². The molecule has 0 radical (unpaired) electrons. The van der Waals surface area contributed by atoms with E-state index in [0.29, 0.717) is 5.02 Å². The van der Waals surface area contributed by atoms with Crippen LogP contribution in [0.5, 0.6) is 0 Å². The summed E-state index contributed by atoms with van der Waals surface area (Å²) in [5.74, 6) is 0. The van der Waals surface area contributed by atoms with Crippen molar-refractivity contribution in [2.75, 3.05) is 6.61 Å². The van der Waals surface area contributed by atoms with Crippen LogP contribution in [0.25, 0.3) is 10.2 Å². The van der Waals surface area contributed by atoms with E-state index in [1.165, 1.54) is 11.3 Å². The molecular formula is C9H9ClN2OS. The Balaban J connectivity index is 2.51. The van der Waals surface area contributed by atoms with Crippen molar-refractivity contribution in [2.24, 2.45) is 5.73 Å². The summed E-state index contributed by atoms with van der Waals surface area (Å²) in [5, 5.41) is 10.3. The minimum absolute atomic E-state index is 0.0897. The summed E-state index contributed by atoms with van der Waals surface area (Å²) >= 11 is 7.30. The number of aliphatic hydroxyl groups is 1. The molecule has 74 valence electrons. The lowest BCUT2D eigenvalue weighted by Crippen LogP contribution is -2.13. The monoisotopic (exact) mass is 228 g/mol. The minimum atomic E-state index is -0.397. The highest BCUT2D eigenvalue weighted by Crippen LogP contribution is 2.27. The van der Waals surface area contributed by atoms with Crippen molar-refractivity contribution < 1.29 is 5.11 Å². The third-order valence-electron chi connectivity index (χ3n) is 1.88. The van der Waals surface area contributed by atoms with Crippen LogP contribution in [0.3, 0.4) is 0 Å². The molecule has 1 atom stereocenters. The number of aromatic nitrogens is 1. The van der Waals surface area contributed by atoms with Crippen molar-refractivity contribution in [3.05, 3.63) is 28.2 Å². The second-order valence-electron chi connectivity index (χ2n) is 2.95. The number of hydrogen-bond acceptors (Lipinski definition) is 4. The highest BCUT2D eigenvalue weighted by atomic mass is 35.5. The number of thiazole rings is 1. The van der Waals surface area contributed by atoms with Gasteiger partial charge in [0.15, 0.2) is 0 Å². The number of benzene rings is 1. The summed E-state index contributed by atoms with van der Waals surface area (Å²) in [6, 6.07) is 5.09. The first-order valence-electron chi connectivity index (χ1n) is 4.13. The number of nitrogens with two attached hydrogens (primary N) is 1. The van der Waals surface area contributed by atoms with Crippen LogP contribution in [0.15, 0.2) is 18.2 Å². The molecule has 1 heterocycles. The van der Waals surface area contributed by atoms with E-state index in [1.807, 2.05) is 12.1 Å². The summed E-state index contributed by atoms with van der Waals surface area (Å²) in [6.45, 7) is -0.0897. The fourth-order valence-electron chi connectivity index (χ4n) is 1.15. The molecule has 2 rings (SSSR count). The average molecular weight is 229 g/mol. The number of aliphatic hydroxyl groups excluding tert-OH is 1. The molecule has 3 N–H and O–H groups in total. The van der Waals surface area contributed by atoms with E-state index in [1.54, 1.807) is 6.07 Å². The van der Waals surface area contributed by atoms with Gasteiger partial charge < -0.3 is 10.8 Å². The fourth-order valence-corrected chi connectivity index (χ4v) is 2.39. The number of nitrogens with zero attached hydrogens (tertiary/aromatic N) is 1. The molecule has 0 bridgehead atoms. The van der Waals surface area contributed by atoms with Crippen LogP contribution in [0.2, 0.25) is 5.02 Å². The summed E-state index contributed by atoms with van der Waals surface area (Å²) < 4.78 is 0.997. The Labute approximate surface area is 90.1 Å². The Morgan fingerprint density at radius 2 is 2.36 bits per heavy atom. The Hall–Kier alpha value is -0.680. The molecule has 0 spiro atoms. The zero-order chi connectivity index (χ0) is 10.1. The molecule has 1 aromatic carbocycles. The predicted octanol–water partition coefficient (Wildman–Crippen LogP) is 1.94. The molecule has 0 saturated heterocycles. The lowest BCUT2D eigenvalue weighted by Gasteiger charge is -2.00. The van der Waals surface area contributed by atoms with Crippen LogP contribution in [0, 0.1) is 0 Å². The van der Waals surface area contributed by atoms with Crippen LogP contribution < -0.4 is 5.73 Å². The van der Waals surface area contributed by atoms with Crippen molar-refractivity contribution in [3.63, 3.8) is 0 Å². The minimum Gasteiger partial charge on any atom is -0.394 e. The lowest BCUT2D eigenvalue weighted by atomic mass is 10.3. The van der Waals surface area contributed by atoms with Crippen molar-refractivity contribution in [3.8, 4) is 0 Å². The van der Waals surface area contributed by atoms with Gasteiger partial charge in [-0.05, 0) is 18.2 Å². The van der Waals surface area contributed by atoms with Gasteiger partial charge in [0, 0.05) is 5.02 Å². The third-order valence-corrected chi connectivity index (χ3v) is 3.27. The molecule has 1 unspecified atom stereocenters. The van der Waals surface area contributed by atoms with E-state index < -0.39 is 6.04 Å². The zero-order valence-electron chi connectivity index (χ0n) is 7.27. The number of rotatable bonds is 2. The van der Waals surface area contributed by atoms with Crippen molar-refractivity contribution in [1.29, 1.82) is 0 Å². The number of hydrogen-bond donors (Lipinski definition) is 2. The molecule has 0 amide bonds. The SMILES string of the molecule is NC(CO)c1nc2ccc(Cl)cc2s1. The molecule has 1 aromatic heterocycles. The van der Waals surface area contributed by atoms with Gasteiger partial charge in [-0.1, -0.05) is 11.6 Å². The van der Waals surface area contributed by atoms with Crippen LogP contribution in [0.4, 0.5) is 0 Å². The Bertz CT molecular complexity index is 457. The van der Waals surface area contributed by atoms with Gasteiger partial charge in [0.05, 0.1) is 22.9 Å². The zero-order valence-corrected chi connectivity index (χ0v) is 8.85. The normalized spacial score (nSPS) is 13.4. The summed E-state index contributed by atoms with van der Waals surface area (Å²) in [4.78, 5) is 4.30. The first-order valence-corrected chi connectivity index (χ1v) is 5.32. The van der Waals surface area contributed by atoms with Gasteiger partial charge in [-0.2, -0.15) is 0 Å². The Morgan fingerprint density at radius 3 is 3.07 bits per heavy atom. The highest BCUT2D eigenvalue weighted by Gasteiger charge is 2.10. The van der Waals surface area contributed by atoms with Gasteiger partial charge >= 0.3 is 0 Å². The molecule has 3 nitrogen and oxygen atoms in total. The van der Waals surface area contributed by atoms with Crippen LogP contribution in [0.1, 0.15) is 11.0 Å². The van der Waals surface area contributed by atoms with Crippen LogP contribution >= 0.6 is 22.9 Å². The summed E-state index contributed by atoms with van der Waals surface area (Å²) in [5.41, 5.74) is 6.53. The Kier molecular flexibility index (Phi) is 2.69. The van der Waals surface area contributed by atoms with Crippen LogP contribution in [-0.4, -0.2) is 16.7 Å². The maximum absolute atomic E-state index is 8.88. The van der Waals surface area contributed by atoms with Gasteiger partial charge in [-0.3, -0.25) is 0 Å². The van der Waals surface area contributed by atoms with Gasteiger partial charge in [0.2, 0.25) is 0 Å². The first kappa shape index (κ1) is 9.86. The molecule has 0 fully saturated rings. The van der Waals surface area contributed by atoms with E-state index in [-0.39, 0.29) is 6.61 Å². The molecule has 0 aliphatic rings. The molecule has 0 aliphatic carbocycles. The van der Waals surface area contributed by atoms with E-state index in [4.69, 9.17) is 22.4 Å². The van der Waals surface area contributed by atoms with Gasteiger partial charge in [-0.15, -0.1) is 11.3 Å². The largest absolute Gasteiger partial charge is 0.394 e. The van der Waals surface area contributed by atoms with E-state index in [9.17, 15) is 0 Å². The fraction of sp³-hybridized carbons (Fsp3) is 0.222.